The summed E-state index contributed by atoms with van der Waals surface area (Å²) in [7, 11) is 0. The monoisotopic (exact) mass is 554 g/mol. The van der Waals surface area contributed by atoms with Gasteiger partial charge in [0.05, 0.1) is 21.8 Å². The van der Waals surface area contributed by atoms with Crippen molar-refractivity contribution in [1.82, 2.24) is 0 Å². The fraction of sp³-hybridized carbons (Fsp3) is 0.0417. The lowest BCUT2D eigenvalue weighted by Gasteiger charge is -2.18. The Bertz CT molecular complexity index is 1420. The molecule has 12 heteroatoms. The SMILES string of the molecule is O=C(Oc1cccc(Cl)c1)c1ccc(NC2=C(Cl)C(=O)N(c3cc(C(F)(F)F)ccc3Cl)C2=O)cc1. The van der Waals surface area contributed by atoms with Gasteiger partial charge in [-0.2, -0.15) is 13.2 Å². The third-order valence-electron chi connectivity index (χ3n) is 4.94. The zero-order valence-corrected chi connectivity index (χ0v) is 20.0. The highest BCUT2D eigenvalue weighted by Crippen LogP contribution is 2.38. The molecule has 0 bridgehead atoms. The highest BCUT2D eigenvalue weighted by molar-refractivity contribution is 6.53. The molecule has 0 radical (unpaired) electrons. The first kappa shape index (κ1) is 25.6. The van der Waals surface area contributed by atoms with Gasteiger partial charge in [-0.25, -0.2) is 9.69 Å². The van der Waals surface area contributed by atoms with Crippen molar-refractivity contribution in [3.8, 4) is 5.75 Å². The Labute approximate surface area is 216 Å². The van der Waals surface area contributed by atoms with Crippen LogP contribution in [0.3, 0.4) is 0 Å². The van der Waals surface area contributed by atoms with Crippen LogP contribution >= 0.6 is 34.8 Å². The van der Waals surface area contributed by atoms with E-state index in [1.54, 1.807) is 18.2 Å². The summed E-state index contributed by atoms with van der Waals surface area (Å²) in [4.78, 5) is 38.4. The Hall–Kier alpha value is -3.53. The molecule has 0 spiro atoms. The Morgan fingerprint density at radius 3 is 2.22 bits per heavy atom. The molecule has 4 rings (SSSR count). The molecule has 0 saturated heterocycles. The number of hydrogen-bond acceptors (Lipinski definition) is 5. The van der Waals surface area contributed by atoms with Crippen molar-refractivity contribution in [2.24, 2.45) is 0 Å². The number of nitrogens with zero attached hydrogens (tertiary/aromatic N) is 1. The number of amides is 2. The molecule has 184 valence electrons. The summed E-state index contributed by atoms with van der Waals surface area (Å²) in [6, 6.07) is 14.1. The lowest BCUT2D eigenvalue weighted by Crippen LogP contribution is -2.32. The van der Waals surface area contributed by atoms with Crippen LogP contribution in [0.4, 0.5) is 24.5 Å². The van der Waals surface area contributed by atoms with E-state index in [9.17, 15) is 27.6 Å². The van der Waals surface area contributed by atoms with Crippen molar-refractivity contribution < 1.29 is 32.3 Å². The minimum absolute atomic E-state index is 0.173. The van der Waals surface area contributed by atoms with Crippen molar-refractivity contribution in [2.75, 3.05) is 10.2 Å². The number of carbonyl (C=O) groups is 3. The second-order valence-electron chi connectivity index (χ2n) is 7.35. The van der Waals surface area contributed by atoms with Gasteiger partial charge in [-0.1, -0.05) is 40.9 Å². The predicted octanol–water partition coefficient (Wildman–Crippen LogP) is 6.67. The number of anilines is 2. The molecule has 3 aromatic rings. The Morgan fingerprint density at radius 1 is 0.889 bits per heavy atom. The molecule has 0 unspecified atom stereocenters. The zero-order valence-electron chi connectivity index (χ0n) is 17.7. The van der Waals surface area contributed by atoms with Gasteiger partial charge in [0.2, 0.25) is 0 Å². The number of benzene rings is 3. The average molecular weight is 556 g/mol. The molecule has 36 heavy (non-hydrogen) atoms. The van der Waals surface area contributed by atoms with Crippen LogP contribution in [-0.4, -0.2) is 17.8 Å². The standard InChI is InChI=1S/C24H12Cl3F3N2O4/c25-14-2-1-3-16(11-14)36-23(35)12-4-7-15(8-5-12)31-20-19(27)21(33)32(22(20)34)18-10-13(24(28,29)30)6-9-17(18)26/h1-11,31H. The lowest BCUT2D eigenvalue weighted by atomic mass is 10.1. The highest BCUT2D eigenvalue weighted by Gasteiger charge is 2.41. The molecule has 0 atom stereocenters. The topological polar surface area (TPSA) is 75.7 Å². The summed E-state index contributed by atoms with van der Waals surface area (Å²) in [5.74, 6) is -2.48. The van der Waals surface area contributed by atoms with Crippen LogP contribution < -0.4 is 15.0 Å². The quantitative estimate of drug-likeness (QED) is 0.216. The number of ether oxygens (including phenoxy) is 1. The molecule has 2 amide bonds. The van der Waals surface area contributed by atoms with Gasteiger partial charge < -0.3 is 10.1 Å². The van der Waals surface area contributed by atoms with Gasteiger partial charge >= 0.3 is 12.1 Å². The van der Waals surface area contributed by atoms with Crippen LogP contribution in [0.1, 0.15) is 15.9 Å². The predicted molar refractivity (Wildman–Crippen MR) is 128 cm³/mol. The van der Waals surface area contributed by atoms with Gasteiger partial charge in [0.15, 0.2) is 0 Å². The molecule has 1 aliphatic rings. The number of alkyl halides is 3. The van der Waals surface area contributed by atoms with Crippen LogP contribution in [0.25, 0.3) is 0 Å². The van der Waals surface area contributed by atoms with Gasteiger partial charge in [-0.3, -0.25) is 9.59 Å². The van der Waals surface area contributed by atoms with Crippen LogP contribution in [0.5, 0.6) is 5.75 Å². The van der Waals surface area contributed by atoms with Crippen LogP contribution in [0.15, 0.2) is 77.5 Å². The van der Waals surface area contributed by atoms with Crippen molar-refractivity contribution in [1.29, 1.82) is 0 Å². The molecule has 0 aliphatic carbocycles. The highest BCUT2D eigenvalue weighted by atomic mass is 35.5. The van der Waals surface area contributed by atoms with Crippen molar-refractivity contribution in [3.05, 3.63) is 98.6 Å². The van der Waals surface area contributed by atoms with E-state index < -0.39 is 40.2 Å². The number of imide groups is 1. The number of carbonyl (C=O) groups excluding carboxylic acids is 3. The van der Waals surface area contributed by atoms with Gasteiger partial charge in [0, 0.05) is 10.7 Å². The minimum Gasteiger partial charge on any atom is -0.423 e. The van der Waals surface area contributed by atoms with Gasteiger partial charge in [-0.05, 0) is 60.7 Å². The molecular weight excluding hydrogens is 544 g/mol. The van der Waals surface area contributed by atoms with E-state index in [1.165, 1.54) is 30.3 Å². The van der Waals surface area contributed by atoms with Crippen molar-refractivity contribution in [3.63, 3.8) is 0 Å². The number of halogens is 6. The third-order valence-corrected chi connectivity index (χ3v) is 5.84. The average Bonchev–Trinajstić information content (AvgIpc) is 3.02. The molecule has 1 heterocycles. The Kier molecular flexibility index (Phi) is 6.99. The van der Waals surface area contributed by atoms with E-state index >= 15 is 0 Å². The molecular formula is C24H12Cl3F3N2O4. The van der Waals surface area contributed by atoms with E-state index in [4.69, 9.17) is 39.5 Å². The Balaban J connectivity index is 1.52. The maximum Gasteiger partial charge on any atom is 0.416 e. The third kappa shape index (κ3) is 5.18. The molecule has 3 aromatic carbocycles. The zero-order chi connectivity index (χ0) is 26.2. The number of hydrogen-bond donors (Lipinski definition) is 1. The molecule has 6 nitrogen and oxygen atoms in total. The summed E-state index contributed by atoms with van der Waals surface area (Å²) in [5.41, 5.74) is -1.49. The van der Waals surface area contributed by atoms with Gasteiger partial charge in [-0.15, -0.1) is 0 Å². The first-order valence-corrected chi connectivity index (χ1v) is 11.1. The minimum atomic E-state index is -4.72. The second-order valence-corrected chi connectivity index (χ2v) is 8.57. The molecule has 0 saturated carbocycles. The molecule has 1 N–H and O–H groups in total. The number of esters is 1. The van der Waals surface area contributed by atoms with Crippen LogP contribution in [0, 0.1) is 0 Å². The van der Waals surface area contributed by atoms with Gasteiger partial charge in [0.25, 0.3) is 11.8 Å². The Morgan fingerprint density at radius 2 is 1.58 bits per heavy atom. The van der Waals surface area contributed by atoms with Crippen LogP contribution in [-0.2, 0) is 15.8 Å². The maximum atomic E-state index is 13.1. The molecule has 0 aromatic heterocycles. The number of nitrogens with one attached hydrogen (secondary N) is 1. The maximum absolute atomic E-state index is 13.1. The first-order valence-electron chi connectivity index (χ1n) is 9.96. The summed E-state index contributed by atoms with van der Waals surface area (Å²) in [6.07, 6.45) is -4.72. The van der Waals surface area contributed by atoms with Crippen LogP contribution in [0.2, 0.25) is 10.0 Å². The smallest absolute Gasteiger partial charge is 0.416 e. The van der Waals surface area contributed by atoms with Crippen molar-refractivity contribution >= 4 is 64.0 Å². The summed E-state index contributed by atoms with van der Waals surface area (Å²) < 4.78 is 44.6. The molecule has 1 aliphatic heterocycles. The normalized spacial score (nSPS) is 13.9. The summed E-state index contributed by atoms with van der Waals surface area (Å²) >= 11 is 17.9. The fourth-order valence-electron chi connectivity index (χ4n) is 3.22. The lowest BCUT2D eigenvalue weighted by molar-refractivity contribution is -0.137. The summed E-state index contributed by atoms with van der Waals surface area (Å²) in [5, 5.41) is 2.25. The van der Waals surface area contributed by atoms with E-state index in [0.717, 1.165) is 12.1 Å². The van der Waals surface area contributed by atoms with Crippen molar-refractivity contribution in [2.45, 2.75) is 6.18 Å². The first-order chi connectivity index (χ1) is 17.0. The fourth-order valence-corrected chi connectivity index (χ4v) is 3.82. The largest absolute Gasteiger partial charge is 0.423 e. The molecule has 0 fully saturated rings. The van der Waals surface area contributed by atoms with E-state index in [-0.39, 0.29) is 27.7 Å². The van der Waals surface area contributed by atoms with E-state index in [2.05, 4.69) is 5.32 Å². The van der Waals surface area contributed by atoms with E-state index in [0.29, 0.717) is 16.0 Å². The second kappa shape index (κ2) is 9.85. The number of rotatable bonds is 5. The van der Waals surface area contributed by atoms with Gasteiger partial charge in [0.1, 0.15) is 16.5 Å². The summed E-state index contributed by atoms with van der Waals surface area (Å²) in [6.45, 7) is 0. The van der Waals surface area contributed by atoms with E-state index in [1.807, 2.05) is 0 Å².